The van der Waals surface area contributed by atoms with E-state index in [2.05, 4.69) is 20.3 Å². The molecule has 7 nitrogen and oxygen atoms in total. The van der Waals surface area contributed by atoms with Crippen LogP contribution in [0.5, 0.6) is 5.88 Å². The molecule has 1 aromatic heterocycles. The molecule has 164 valence electrons. The molecule has 0 saturated carbocycles. The molecule has 0 unspecified atom stereocenters. The lowest BCUT2D eigenvalue weighted by Crippen LogP contribution is -2.39. The van der Waals surface area contributed by atoms with Gasteiger partial charge in [0.1, 0.15) is 0 Å². The van der Waals surface area contributed by atoms with Crippen LogP contribution in [0.25, 0.3) is 10.9 Å². The van der Waals surface area contributed by atoms with Gasteiger partial charge in [0.25, 0.3) is 0 Å². The fourth-order valence-electron chi connectivity index (χ4n) is 4.66. The zero-order valence-corrected chi connectivity index (χ0v) is 18.4. The number of carbonyl (C=O) groups is 1. The van der Waals surface area contributed by atoms with Crippen LogP contribution in [0.15, 0.2) is 24.3 Å². The van der Waals surface area contributed by atoms with Crippen LogP contribution in [-0.4, -0.2) is 62.7 Å². The fourth-order valence-corrected chi connectivity index (χ4v) is 5.12. The molecule has 8 heteroatoms. The maximum atomic E-state index is 13.2. The van der Waals surface area contributed by atoms with E-state index in [1.54, 1.807) is 0 Å². The van der Waals surface area contributed by atoms with Gasteiger partial charge in [-0.25, -0.2) is 13.1 Å². The van der Waals surface area contributed by atoms with E-state index < -0.39 is 10.0 Å². The average molecular weight is 434 g/mol. The summed E-state index contributed by atoms with van der Waals surface area (Å²) in [6, 6.07) is 8.09. The van der Waals surface area contributed by atoms with Gasteiger partial charge in [-0.3, -0.25) is 4.79 Å². The van der Waals surface area contributed by atoms with Gasteiger partial charge in [0.15, 0.2) is 5.78 Å². The first-order chi connectivity index (χ1) is 14.4. The smallest absolute Gasteiger partial charge is 0.208 e. The third kappa shape index (κ3) is 4.87. The van der Waals surface area contributed by atoms with Crippen molar-refractivity contribution in [3.8, 4) is 5.88 Å². The summed E-state index contributed by atoms with van der Waals surface area (Å²) in [5.74, 6) is 1.47. The Balaban J connectivity index is 1.32. The highest BCUT2D eigenvalue weighted by Gasteiger charge is 2.27. The Bertz CT molecular complexity index is 1010. The number of piperidine rings is 1. The third-order valence-corrected chi connectivity index (χ3v) is 6.97. The number of nitrogens with zero attached hydrogens (tertiary/aromatic N) is 2. The van der Waals surface area contributed by atoms with E-state index in [-0.39, 0.29) is 5.78 Å². The molecular weight excluding hydrogens is 402 g/mol. The quantitative estimate of drug-likeness (QED) is 0.648. The summed E-state index contributed by atoms with van der Waals surface area (Å²) in [5.41, 5.74) is 1.85. The molecule has 2 aliphatic rings. The van der Waals surface area contributed by atoms with Crippen molar-refractivity contribution in [1.82, 2.24) is 14.2 Å². The van der Waals surface area contributed by atoms with Gasteiger partial charge in [0, 0.05) is 31.4 Å². The first kappa shape index (κ1) is 21.3. The van der Waals surface area contributed by atoms with Crippen molar-refractivity contribution in [2.75, 3.05) is 39.0 Å². The molecule has 2 aliphatic heterocycles. The topological polar surface area (TPSA) is 80.6 Å². The standard InChI is InChI=1S/C22H31N3O4S/c1-30(27,28)23-11-15-24-13-9-17(10-14-24)7-8-20(26)21-18-5-2-3-6-19(18)25-12-4-16-29-22(21)25/h2-3,5-6,17,23H,4,7-16H2,1H3. The number of Topliss-reactive ketones (excluding diaryl/α,β-unsaturated/α-hetero) is 1. The molecule has 0 bridgehead atoms. The van der Waals surface area contributed by atoms with Gasteiger partial charge in [-0.05, 0) is 50.8 Å². The molecule has 0 atom stereocenters. The number of hydrogen-bond acceptors (Lipinski definition) is 5. The number of rotatable bonds is 8. The van der Waals surface area contributed by atoms with E-state index in [0.717, 1.165) is 74.2 Å². The van der Waals surface area contributed by atoms with Crippen molar-refractivity contribution in [2.45, 2.75) is 38.6 Å². The first-order valence-electron chi connectivity index (χ1n) is 10.9. The number of aryl methyl sites for hydroxylation is 1. The molecule has 0 radical (unpaired) electrons. The van der Waals surface area contributed by atoms with Crippen LogP contribution < -0.4 is 9.46 Å². The van der Waals surface area contributed by atoms with E-state index in [1.807, 2.05) is 18.2 Å². The Morgan fingerprint density at radius 2 is 1.97 bits per heavy atom. The van der Waals surface area contributed by atoms with Crippen LogP contribution in [0.2, 0.25) is 0 Å². The second kappa shape index (κ2) is 9.08. The molecule has 1 N–H and O–H groups in total. The first-order valence-corrected chi connectivity index (χ1v) is 12.8. The highest BCUT2D eigenvalue weighted by Crippen LogP contribution is 2.36. The average Bonchev–Trinajstić information content (AvgIpc) is 3.07. The summed E-state index contributed by atoms with van der Waals surface area (Å²) < 4.78 is 33.0. The molecule has 3 heterocycles. The van der Waals surface area contributed by atoms with Crippen LogP contribution in [0.1, 0.15) is 42.5 Å². The van der Waals surface area contributed by atoms with Gasteiger partial charge in [-0.1, -0.05) is 18.2 Å². The minimum Gasteiger partial charge on any atom is -0.478 e. The minimum absolute atomic E-state index is 0.182. The Morgan fingerprint density at radius 3 is 2.73 bits per heavy atom. The summed E-state index contributed by atoms with van der Waals surface area (Å²) in [6.07, 6.45) is 5.71. The minimum atomic E-state index is -3.12. The highest BCUT2D eigenvalue weighted by molar-refractivity contribution is 7.88. The van der Waals surface area contributed by atoms with Crippen molar-refractivity contribution in [2.24, 2.45) is 5.92 Å². The summed E-state index contributed by atoms with van der Waals surface area (Å²) in [5, 5.41) is 1.01. The number of ether oxygens (including phenoxy) is 1. The lowest BCUT2D eigenvalue weighted by molar-refractivity contribution is 0.0958. The Labute approximate surface area is 178 Å². The number of sulfonamides is 1. The van der Waals surface area contributed by atoms with Crippen LogP contribution >= 0.6 is 0 Å². The molecule has 0 aliphatic carbocycles. The summed E-state index contributed by atoms with van der Waals surface area (Å²) in [7, 11) is -3.12. The Morgan fingerprint density at radius 1 is 1.20 bits per heavy atom. The highest BCUT2D eigenvalue weighted by atomic mass is 32.2. The predicted octanol–water partition coefficient (Wildman–Crippen LogP) is 2.65. The number of para-hydroxylation sites is 1. The number of benzene rings is 1. The number of likely N-dealkylation sites (tertiary alicyclic amines) is 1. The summed E-state index contributed by atoms with van der Waals surface area (Å²) in [6.45, 7) is 4.67. The van der Waals surface area contributed by atoms with Crippen LogP contribution in [-0.2, 0) is 16.6 Å². The molecule has 0 amide bonds. The molecule has 4 rings (SSSR count). The van der Waals surface area contributed by atoms with Crippen molar-refractivity contribution in [3.05, 3.63) is 29.8 Å². The van der Waals surface area contributed by atoms with Gasteiger partial charge in [0.05, 0.1) is 23.9 Å². The molecular formula is C22H31N3O4S. The second-order valence-electron chi connectivity index (χ2n) is 8.46. The maximum absolute atomic E-state index is 13.2. The fraction of sp³-hybridized carbons (Fsp3) is 0.591. The predicted molar refractivity (Wildman–Crippen MR) is 118 cm³/mol. The monoisotopic (exact) mass is 433 g/mol. The number of ketones is 1. The lowest BCUT2D eigenvalue weighted by atomic mass is 9.90. The Kier molecular flexibility index (Phi) is 6.46. The largest absolute Gasteiger partial charge is 0.478 e. The van der Waals surface area contributed by atoms with Gasteiger partial charge >= 0.3 is 0 Å². The summed E-state index contributed by atoms with van der Waals surface area (Å²) in [4.78, 5) is 15.5. The van der Waals surface area contributed by atoms with Crippen LogP contribution in [0, 0.1) is 5.92 Å². The summed E-state index contributed by atoms with van der Waals surface area (Å²) >= 11 is 0. The SMILES string of the molecule is CS(=O)(=O)NCCN1CCC(CCC(=O)c2c3n(c4ccccc24)CCCO3)CC1. The normalized spacial score (nSPS) is 18.3. The van der Waals surface area contributed by atoms with Crippen LogP contribution in [0.3, 0.4) is 0 Å². The second-order valence-corrected chi connectivity index (χ2v) is 10.3. The van der Waals surface area contributed by atoms with Gasteiger partial charge < -0.3 is 14.2 Å². The molecule has 0 spiro atoms. The molecule has 2 aromatic rings. The number of carbonyl (C=O) groups excluding carboxylic acids is 1. The number of hydrogen-bond donors (Lipinski definition) is 1. The van der Waals surface area contributed by atoms with Crippen LogP contribution in [0.4, 0.5) is 0 Å². The maximum Gasteiger partial charge on any atom is 0.208 e. The molecule has 30 heavy (non-hydrogen) atoms. The van der Waals surface area contributed by atoms with E-state index in [0.29, 0.717) is 25.5 Å². The van der Waals surface area contributed by atoms with E-state index in [1.165, 1.54) is 6.26 Å². The van der Waals surface area contributed by atoms with Crippen molar-refractivity contribution in [3.63, 3.8) is 0 Å². The van der Waals surface area contributed by atoms with Gasteiger partial charge in [-0.2, -0.15) is 0 Å². The van der Waals surface area contributed by atoms with Crippen molar-refractivity contribution >= 4 is 26.7 Å². The van der Waals surface area contributed by atoms with Gasteiger partial charge in [0.2, 0.25) is 15.9 Å². The Hall–Kier alpha value is -1.90. The zero-order chi connectivity index (χ0) is 21.1. The van der Waals surface area contributed by atoms with E-state index in [4.69, 9.17) is 4.74 Å². The number of fused-ring (bicyclic) bond motifs is 3. The zero-order valence-electron chi connectivity index (χ0n) is 17.6. The lowest BCUT2D eigenvalue weighted by Gasteiger charge is -2.31. The molecule has 1 saturated heterocycles. The molecule has 1 fully saturated rings. The number of aromatic nitrogens is 1. The number of nitrogens with one attached hydrogen (secondary N) is 1. The van der Waals surface area contributed by atoms with Crippen molar-refractivity contribution < 1.29 is 17.9 Å². The molecule has 1 aromatic carbocycles. The van der Waals surface area contributed by atoms with Gasteiger partial charge in [-0.15, -0.1) is 0 Å². The van der Waals surface area contributed by atoms with Crippen molar-refractivity contribution in [1.29, 1.82) is 0 Å². The third-order valence-electron chi connectivity index (χ3n) is 6.25. The van der Waals surface area contributed by atoms with E-state index >= 15 is 0 Å². The van der Waals surface area contributed by atoms with E-state index in [9.17, 15) is 13.2 Å².